The molecule has 0 amide bonds. The number of ether oxygens (including phenoxy) is 6. The number of aromatic nitrogens is 2. The minimum absolute atomic E-state index is 0.145. The zero-order valence-corrected chi connectivity index (χ0v) is 25.1. The first-order valence-electron chi connectivity index (χ1n) is 14.1. The molecule has 0 radical (unpaired) electrons. The first-order valence-corrected chi connectivity index (χ1v) is 14.1. The number of esters is 4. The van der Waals surface area contributed by atoms with Crippen LogP contribution in [-0.2, 0) is 49.3 Å². The fourth-order valence-electron chi connectivity index (χ4n) is 5.16. The Morgan fingerprint density at radius 2 is 1.56 bits per heavy atom. The Morgan fingerprint density at radius 1 is 0.930 bits per heavy atom. The maximum atomic E-state index is 14.4. The molecular weight excluding hydrogens is 567 g/mol. The van der Waals surface area contributed by atoms with Gasteiger partial charge >= 0.3 is 23.9 Å². The van der Waals surface area contributed by atoms with Gasteiger partial charge in [0.2, 0.25) is 18.3 Å². The average molecular weight is 605 g/mol. The van der Waals surface area contributed by atoms with Gasteiger partial charge in [-0.1, -0.05) is 12.1 Å². The second-order valence-electron chi connectivity index (χ2n) is 10.8. The number of rotatable bonds is 10. The highest BCUT2D eigenvalue weighted by atomic mass is 19.1. The van der Waals surface area contributed by atoms with Gasteiger partial charge in [-0.15, -0.1) is 5.10 Å². The van der Waals surface area contributed by atoms with Crippen molar-refractivity contribution in [2.75, 3.05) is 6.61 Å². The number of benzene rings is 1. The van der Waals surface area contributed by atoms with Crippen molar-refractivity contribution >= 4 is 23.9 Å². The lowest BCUT2D eigenvalue weighted by Gasteiger charge is -2.43. The predicted molar refractivity (Wildman–Crippen MR) is 146 cm³/mol. The first-order chi connectivity index (χ1) is 20.3. The lowest BCUT2D eigenvalue weighted by atomic mass is 9.93. The monoisotopic (exact) mass is 604 g/mol. The molecule has 4 rings (SSSR count). The van der Waals surface area contributed by atoms with Crippen LogP contribution in [0.15, 0.2) is 18.2 Å². The van der Waals surface area contributed by atoms with E-state index in [4.69, 9.17) is 33.5 Å². The van der Waals surface area contributed by atoms with E-state index in [0.717, 1.165) is 45.7 Å². The molecule has 1 aliphatic heterocycles. The number of hydrogen-bond acceptors (Lipinski definition) is 11. The van der Waals surface area contributed by atoms with Gasteiger partial charge in [0.15, 0.2) is 12.2 Å². The lowest BCUT2D eigenvalue weighted by molar-refractivity contribution is -0.289. The molecule has 2 aromatic rings. The summed E-state index contributed by atoms with van der Waals surface area (Å²) in [7, 11) is 0. The molecule has 2 fully saturated rings. The normalized spacial score (nSPS) is 23.6. The molecule has 0 spiro atoms. The number of aryl methyl sites for hydroxylation is 1. The van der Waals surface area contributed by atoms with Crippen molar-refractivity contribution in [2.24, 2.45) is 0 Å². The number of carbonyl (C=O) groups excluding carboxylic acids is 4. The molecule has 2 aliphatic rings. The Bertz CT molecular complexity index is 1370. The Morgan fingerprint density at radius 3 is 2.12 bits per heavy atom. The highest BCUT2D eigenvalue weighted by Crippen LogP contribution is 2.38. The molecule has 1 aromatic carbocycles. The average Bonchev–Trinajstić information content (AvgIpc) is 3.16. The SMILES string of the molecule is CC(=O)OC[C@H]1OC(Oc2nn(C3CCC3)c(C)c2Cc2ccc(C)c(F)c2)[C@H](OC(C)=O)[C@@H](OC(C)=O)[C@@H]1OC(C)=O. The second-order valence-corrected chi connectivity index (χ2v) is 10.8. The number of nitrogens with zero attached hydrogens (tertiary/aromatic N) is 2. The minimum Gasteiger partial charge on any atom is -0.463 e. The molecule has 0 bridgehead atoms. The van der Waals surface area contributed by atoms with Gasteiger partial charge in [0, 0.05) is 45.4 Å². The largest absolute Gasteiger partial charge is 0.463 e. The summed E-state index contributed by atoms with van der Waals surface area (Å²) in [4.78, 5) is 48.1. The smallest absolute Gasteiger partial charge is 0.303 e. The van der Waals surface area contributed by atoms with Crippen molar-refractivity contribution in [3.05, 3.63) is 46.4 Å². The van der Waals surface area contributed by atoms with Gasteiger partial charge in [-0.25, -0.2) is 4.39 Å². The third-order valence-electron chi connectivity index (χ3n) is 7.45. The van der Waals surface area contributed by atoms with E-state index < -0.39 is 54.6 Å². The Kier molecular flexibility index (Phi) is 10.0. The van der Waals surface area contributed by atoms with Crippen LogP contribution in [0.3, 0.4) is 0 Å². The van der Waals surface area contributed by atoms with Crippen molar-refractivity contribution < 1.29 is 52.0 Å². The summed E-state index contributed by atoms with van der Waals surface area (Å²) >= 11 is 0. The van der Waals surface area contributed by atoms with Gasteiger partial charge in [-0.2, -0.15) is 0 Å². The molecule has 1 unspecified atom stereocenters. The zero-order chi connectivity index (χ0) is 31.4. The molecule has 13 heteroatoms. The topological polar surface area (TPSA) is 141 Å². The summed E-state index contributed by atoms with van der Waals surface area (Å²) < 4.78 is 50.3. The van der Waals surface area contributed by atoms with E-state index in [1.807, 2.05) is 17.7 Å². The van der Waals surface area contributed by atoms with Crippen LogP contribution in [0, 0.1) is 19.7 Å². The maximum Gasteiger partial charge on any atom is 0.303 e. The molecule has 1 aliphatic carbocycles. The summed E-state index contributed by atoms with van der Waals surface area (Å²) in [6.45, 7) is 7.82. The van der Waals surface area contributed by atoms with Gasteiger partial charge in [0.25, 0.3) is 0 Å². The van der Waals surface area contributed by atoms with Gasteiger partial charge < -0.3 is 28.4 Å². The van der Waals surface area contributed by atoms with Gasteiger partial charge in [0.1, 0.15) is 18.5 Å². The zero-order valence-electron chi connectivity index (χ0n) is 25.1. The van der Waals surface area contributed by atoms with Gasteiger partial charge in [-0.05, 0) is 50.3 Å². The molecule has 234 valence electrons. The van der Waals surface area contributed by atoms with Crippen LogP contribution in [0.5, 0.6) is 5.88 Å². The van der Waals surface area contributed by atoms with Crippen LogP contribution in [-0.4, -0.2) is 71.0 Å². The van der Waals surface area contributed by atoms with Crippen LogP contribution in [0.2, 0.25) is 0 Å². The third-order valence-corrected chi connectivity index (χ3v) is 7.45. The number of carbonyl (C=O) groups is 4. The fourth-order valence-corrected chi connectivity index (χ4v) is 5.16. The molecule has 1 aromatic heterocycles. The van der Waals surface area contributed by atoms with Crippen LogP contribution >= 0.6 is 0 Å². The third kappa shape index (κ3) is 7.70. The van der Waals surface area contributed by atoms with Crippen LogP contribution in [0.1, 0.15) is 75.4 Å². The van der Waals surface area contributed by atoms with Crippen molar-refractivity contribution in [3.8, 4) is 5.88 Å². The summed E-state index contributed by atoms with van der Waals surface area (Å²) in [6.07, 6.45) is -3.51. The standard InChI is InChI=1S/C30H37FN2O10/c1-15-10-11-21(13-24(15)31)12-23-16(2)33(22-8-7-9-22)32-29(23)43-30-28(41-20(6)37)27(40-19(5)36)26(39-18(4)35)25(42-30)14-38-17(3)34/h10-11,13,22,25-28,30H,7-9,12,14H2,1-6H3/t25-,26-,27+,28-,30?/m1/s1. The quantitative estimate of drug-likeness (QED) is 0.291. The summed E-state index contributed by atoms with van der Waals surface area (Å²) in [5.41, 5.74) is 2.67. The van der Waals surface area contributed by atoms with E-state index in [1.54, 1.807) is 13.0 Å². The fraction of sp³-hybridized carbons (Fsp3) is 0.567. The molecule has 0 N–H and O–H groups in total. The van der Waals surface area contributed by atoms with E-state index in [9.17, 15) is 23.6 Å². The van der Waals surface area contributed by atoms with E-state index in [2.05, 4.69) is 0 Å². The van der Waals surface area contributed by atoms with Crippen LogP contribution in [0.25, 0.3) is 0 Å². The Balaban J connectivity index is 1.76. The van der Waals surface area contributed by atoms with E-state index in [-0.39, 0.29) is 30.8 Å². The maximum absolute atomic E-state index is 14.4. The summed E-state index contributed by atoms with van der Waals surface area (Å²) in [5, 5.41) is 4.73. The molecular formula is C30H37FN2O10. The highest BCUT2D eigenvalue weighted by molar-refractivity contribution is 5.68. The number of hydrogen-bond donors (Lipinski definition) is 0. The molecule has 43 heavy (non-hydrogen) atoms. The predicted octanol–water partition coefficient (Wildman–Crippen LogP) is 3.42. The number of halogens is 1. The Labute approximate surface area is 248 Å². The summed E-state index contributed by atoms with van der Waals surface area (Å²) in [5.74, 6) is -3.06. The van der Waals surface area contributed by atoms with Crippen LogP contribution in [0.4, 0.5) is 4.39 Å². The van der Waals surface area contributed by atoms with E-state index in [1.165, 1.54) is 13.0 Å². The van der Waals surface area contributed by atoms with Gasteiger partial charge in [0.05, 0.1) is 6.04 Å². The molecule has 1 saturated carbocycles. The van der Waals surface area contributed by atoms with E-state index in [0.29, 0.717) is 16.7 Å². The van der Waals surface area contributed by atoms with Crippen molar-refractivity contribution in [2.45, 2.75) is 104 Å². The van der Waals surface area contributed by atoms with Crippen molar-refractivity contribution in [1.29, 1.82) is 0 Å². The minimum atomic E-state index is -1.43. The molecule has 12 nitrogen and oxygen atoms in total. The Hall–Kier alpha value is -4.00. The first kappa shape index (κ1) is 31.9. The van der Waals surface area contributed by atoms with Crippen LogP contribution < -0.4 is 4.74 Å². The second kappa shape index (κ2) is 13.5. The van der Waals surface area contributed by atoms with Gasteiger partial charge in [-0.3, -0.25) is 23.9 Å². The summed E-state index contributed by atoms with van der Waals surface area (Å²) in [6, 6.07) is 5.11. The van der Waals surface area contributed by atoms with Crippen molar-refractivity contribution in [3.63, 3.8) is 0 Å². The molecule has 2 heterocycles. The molecule has 5 atom stereocenters. The molecule has 1 saturated heterocycles. The van der Waals surface area contributed by atoms with E-state index >= 15 is 0 Å². The lowest BCUT2D eigenvalue weighted by Crippen LogP contribution is -2.63. The highest BCUT2D eigenvalue weighted by Gasteiger charge is 2.53. The van der Waals surface area contributed by atoms with Crippen molar-refractivity contribution in [1.82, 2.24) is 9.78 Å².